The molecule has 1 saturated heterocycles. The second-order valence-corrected chi connectivity index (χ2v) is 11.5. The Morgan fingerprint density at radius 2 is 1.84 bits per heavy atom. The zero-order valence-electron chi connectivity index (χ0n) is 23.3. The Morgan fingerprint density at radius 3 is 2.47 bits per heavy atom. The van der Waals surface area contributed by atoms with Crippen molar-refractivity contribution in [3.63, 3.8) is 0 Å². The molecule has 1 atom stereocenters. The number of aromatic nitrogens is 2. The van der Waals surface area contributed by atoms with E-state index >= 15 is 0 Å². The van der Waals surface area contributed by atoms with Crippen LogP contribution in [0.4, 0.5) is 19.4 Å². The molecule has 1 amide bonds. The maximum Gasteiger partial charge on any atom is 0.410 e. The van der Waals surface area contributed by atoms with Gasteiger partial charge in [0.15, 0.2) is 11.6 Å². The molecule has 1 aliphatic heterocycles. The second-order valence-electron chi connectivity index (χ2n) is 11.5. The quantitative estimate of drug-likeness (QED) is 0.364. The van der Waals surface area contributed by atoms with Crippen LogP contribution in [0.1, 0.15) is 77.1 Å². The van der Waals surface area contributed by atoms with Crippen LogP contribution in [0, 0.1) is 17.6 Å². The summed E-state index contributed by atoms with van der Waals surface area (Å²) in [6.07, 6.45) is 9.12. The molecular formula is C30H40F2N4O2. The molecule has 206 valence electrons. The van der Waals surface area contributed by atoms with Crippen molar-refractivity contribution in [3.8, 4) is 0 Å². The first kappa shape index (κ1) is 28.0. The number of amides is 1. The zero-order chi connectivity index (χ0) is 27.4. The van der Waals surface area contributed by atoms with Crippen molar-refractivity contribution in [1.29, 1.82) is 0 Å². The fourth-order valence-electron chi connectivity index (χ4n) is 5.17. The van der Waals surface area contributed by atoms with Crippen molar-refractivity contribution in [1.82, 2.24) is 14.9 Å². The molecule has 4 rings (SSSR count). The molecule has 0 radical (unpaired) electrons. The van der Waals surface area contributed by atoms with E-state index in [1.54, 1.807) is 17.3 Å². The molecule has 0 unspecified atom stereocenters. The number of piperazine rings is 1. The summed E-state index contributed by atoms with van der Waals surface area (Å²) in [6, 6.07) is 4.11. The van der Waals surface area contributed by atoms with Crippen molar-refractivity contribution < 1.29 is 18.3 Å². The van der Waals surface area contributed by atoms with Crippen LogP contribution in [0.2, 0.25) is 0 Å². The number of carbonyl (C=O) groups is 1. The minimum atomic E-state index is -0.813. The van der Waals surface area contributed by atoms with Crippen LogP contribution in [-0.2, 0) is 17.6 Å². The van der Waals surface area contributed by atoms with E-state index in [0.717, 1.165) is 41.9 Å². The summed E-state index contributed by atoms with van der Waals surface area (Å²) >= 11 is 0. The molecule has 1 saturated carbocycles. The van der Waals surface area contributed by atoms with Gasteiger partial charge >= 0.3 is 6.09 Å². The summed E-state index contributed by atoms with van der Waals surface area (Å²) < 4.78 is 32.4. The summed E-state index contributed by atoms with van der Waals surface area (Å²) in [5.41, 5.74) is 3.74. The third-order valence-corrected chi connectivity index (χ3v) is 7.19. The molecule has 1 aliphatic carbocycles. The van der Waals surface area contributed by atoms with Gasteiger partial charge in [-0.1, -0.05) is 12.1 Å². The standard InChI is InChI=1S/C30H40F2N4O2/c1-6-23(22-12-13-22)27-26(10-8-7-9-21-11-14-24(31)25(32)17-21)33-19-34-28(27)35-15-16-36(20(2)18-35)29(37)38-30(3,4)5/h6,11,14,17,19-20,22H,7-10,12-13,15-16,18H2,1-5H3/b23-6-/t20-/m1/s1. The smallest absolute Gasteiger partial charge is 0.410 e. The molecule has 2 aliphatic rings. The number of unbranched alkanes of at least 4 members (excludes halogenated alkanes) is 1. The minimum Gasteiger partial charge on any atom is -0.444 e. The predicted molar refractivity (Wildman–Crippen MR) is 146 cm³/mol. The van der Waals surface area contributed by atoms with Crippen molar-refractivity contribution in [2.75, 3.05) is 24.5 Å². The second kappa shape index (κ2) is 11.8. The van der Waals surface area contributed by atoms with Crippen molar-refractivity contribution in [2.45, 2.75) is 84.8 Å². The Balaban J connectivity index is 1.49. The third kappa shape index (κ3) is 6.88. The van der Waals surface area contributed by atoms with Gasteiger partial charge in [0.2, 0.25) is 0 Å². The number of anilines is 1. The highest BCUT2D eigenvalue weighted by atomic mass is 19.2. The zero-order valence-corrected chi connectivity index (χ0v) is 23.3. The van der Waals surface area contributed by atoms with Gasteiger partial charge in [-0.25, -0.2) is 23.5 Å². The maximum atomic E-state index is 13.6. The highest BCUT2D eigenvalue weighted by molar-refractivity contribution is 5.79. The third-order valence-electron chi connectivity index (χ3n) is 7.19. The fraction of sp³-hybridized carbons (Fsp3) is 0.567. The number of benzene rings is 1. The molecule has 0 spiro atoms. The molecule has 8 heteroatoms. The van der Waals surface area contributed by atoms with Gasteiger partial charge in [-0.15, -0.1) is 0 Å². The van der Waals surface area contributed by atoms with E-state index in [2.05, 4.69) is 17.9 Å². The molecule has 0 bridgehead atoms. The normalized spacial score (nSPS) is 18.6. The van der Waals surface area contributed by atoms with E-state index < -0.39 is 17.2 Å². The molecule has 2 fully saturated rings. The van der Waals surface area contributed by atoms with E-state index in [-0.39, 0.29) is 12.1 Å². The Bertz CT molecular complexity index is 1170. The van der Waals surface area contributed by atoms with Gasteiger partial charge in [0.1, 0.15) is 17.7 Å². The first-order valence-electron chi connectivity index (χ1n) is 13.8. The molecule has 38 heavy (non-hydrogen) atoms. The Labute approximate surface area is 225 Å². The number of nitrogens with zero attached hydrogens (tertiary/aromatic N) is 4. The number of carbonyl (C=O) groups excluding carboxylic acids is 1. The van der Waals surface area contributed by atoms with E-state index in [9.17, 15) is 13.6 Å². The van der Waals surface area contributed by atoms with Crippen LogP contribution in [0.15, 0.2) is 30.6 Å². The van der Waals surface area contributed by atoms with Crippen LogP contribution in [0.3, 0.4) is 0 Å². The van der Waals surface area contributed by atoms with Crippen molar-refractivity contribution in [3.05, 3.63) is 59.1 Å². The van der Waals surface area contributed by atoms with E-state index in [1.165, 1.54) is 30.5 Å². The number of ether oxygens (including phenoxy) is 1. The minimum absolute atomic E-state index is 0.0176. The summed E-state index contributed by atoms with van der Waals surface area (Å²) in [5, 5.41) is 0. The lowest BCUT2D eigenvalue weighted by atomic mass is 9.95. The SMILES string of the molecule is C/C=C(\c1c(CCCCc2ccc(F)c(F)c2)ncnc1N1CCN(C(=O)OC(C)(C)C)[C@H](C)C1)C1CC1. The Kier molecular flexibility index (Phi) is 8.68. The number of hydrogen-bond acceptors (Lipinski definition) is 5. The molecule has 0 N–H and O–H groups in total. The fourth-order valence-corrected chi connectivity index (χ4v) is 5.17. The molecule has 1 aromatic carbocycles. The van der Waals surface area contributed by atoms with Gasteiger partial charge in [-0.3, -0.25) is 0 Å². The molecule has 6 nitrogen and oxygen atoms in total. The highest BCUT2D eigenvalue weighted by Gasteiger charge is 2.35. The lowest BCUT2D eigenvalue weighted by Gasteiger charge is -2.41. The summed E-state index contributed by atoms with van der Waals surface area (Å²) in [6.45, 7) is 11.7. The van der Waals surface area contributed by atoms with E-state index in [4.69, 9.17) is 14.7 Å². The van der Waals surface area contributed by atoms with Crippen LogP contribution in [-0.4, -0.2) is 52.2 Å². The van der Waals surface area contributed by atoms with Gasteiger partial charge in [0.25, 0.3) is 0 Å². The summed E-state index contributed by atoms with van der Waals surface area (Å²) in [5.74, 6) is -0.141. The van der Waals surface area contributed by atoms with Gasteiger partial charge in [-0.05, 0) is 102 Å². The largest absolute Gasteiger partial charge is 0.444 e. The highest BCUT2D eigenvalue weighted by Crippen LogP contribution is 2.45. The van der Waals surface area contributed by atoms with E-state index in [0.29, 0.717) is 32.0 Å². The van der Waals surface area contributed by atoms with Crippen molar-refractivity contribution >= 4 is 17.5 Å². The van der Waals surface area contributed by atoms with Gasteiger partial charge in [-0.2, -0.15) is 0 Å². The average Bonchev–Trinajstić information content (AvgIpc) is 3.69. The first-order chi connectivity index (χ1) is 18.1. The Morgan fingerprint density at radius 1 is 1.11 bits per heavy atom. The average molecular weight is 527 g/mol. The maximum absolute atomic E-state index is 13.6. The van der Waals surface area contributed by atoms with E-state index in [1.807, 2.05) is 27.7 Å². The van der Waals surface area contributed by atoms with Gasteiger partial charge in [0.05, 0.1) is 5.69 Å². The van der Waals surface area contributed by atoms with Crippen LogP contribution < -0.4 is 4.90 Å². The van der Waals surface area contributed by atoms with Gasteiger partial charge in [0, 0.05) is 31.2 Å². The molecular weight excluding hydrogens is 486 g/mol. The Hall–Kier alpha value is -3.03. The summed E-state index contributed by atoms with van der Waals surface area (Å²) in [4.78, 5) is 26.3. The molecule has 2 heterocycles. The summed E-state index contributed by atoms with van der Waals surface area (Å²) in [7, 11) is 0. The van der Waals surface area contributed by atoms with Gasteiger partial charge < -0.3 is 14.5 Å². The topological polar surface area (TPSA) is 58.6 Å². The number of halogens is 2. The van der Waals surface area contributed by atoms with Crippen molar-refractivity contribution in [2.24, 2.45) is 5.92 Å². The van der Waals surface area contributed by atoms with Crippen LogP contribution in [0.25, 0.3) is 5.57 Å². The number of aryl methyl sites for hydroxylation is 2. The van der Waals surface area contributed by atoms with Crippen LogP contribution in [0.5, 0.6) is 0 Å². The molecule has 1 aromatic heterocycles. The van der Waals surface area contributed by atoms with Crippen LogP contribution >= 0.6 is 0 Å². The number of allylic oxidation sites excluding steroid dienone is 2. The number of rotatable bonds is 8. The lowest BCUT2D eigenvalue weighted by molar-refractivity contribution is 0.0158. The lowest BCUT2D eigenvalue weighted by Crippen LogP contribution is -2.55. The predicted octanol–water partition coefficient (Wildman–Crippen LogP) is 6.58. The molecule has 2 aromatic rings. The monoisotopic (exact) mass is 526 g/mol. The first-order valence-corrected chi connectivity index (χ1v) is 13.8. The number of hydrogen-bond donors (Lipinski definition) is 0.